The van der Waals surface area contributed by atoms with E-state index in [0.29, 0.717) is 28.7 Å². The molecule has 0 spiro atoms. The van der Waals surface area contributed by atoms with Gasteiger partial charge in [-0.2, -0.15) is 5.10 Å². The van der Waals surface area contributed by atoms with Crippen molar-refractivity contribution >= 4 is 17.5 Å². The monoisotopic (exact) mass is 371 g/mol. The minimum absolute atomic E-state index is 0.0850. The molecule has 1 amide bonds. The SMILES string of the molecule is O=C(NC[C@@H]1CCCO1)c1cc(-c2ccco2)n(-c2ccc(Cl)cc2)n1. The lowest BCUT2D eigenvalue weighted by Gasteiger charge is -2.09. The number of ether oxygens (including phenoxy) is 1. The van der Waals surface area contributed by atoms with E-state index in [1.54, 1.807) is 35.2 Å². The third kappa shape index (κ3) is 3.52. The zero-order chi connectivity index (χ0) is 17.9. The molecule has 2 aromatic heterocycles. The number of benzene rings is 1. The van der Waals surface area contributed by atoms with Crippen LogP contribution in [0, 0.1) is 0 Å². The molecule has 0 aliphatic carbocycles. The van der Waals surface area contributed by atoms with E-state index in [9.17, 15) is 4.79 Å². The van der Waals surface area contributed by atoms with Crippen molar-refractivity contribution in [1.82, 2.24) is 15.1 Å². The fourth-order valence-electron chi connectivity index (χ4n) is 2.97. The van der Waals surface area contributed by atoms with Crippen molar-refractivity contribution in [2.75, 3.05) is 13.2 Å². The number of hydrogen-bond donors (Lipinski definition) is 1. The summed E-state index contributed by atoms with van der Waals surface area (Å²) in [5, 5.41) is 8.00. The molecule has 1 N–H and O–H groups in total. The molecular weight excluding hydrogens is 354 g/mol. The highest BCUT2D eigenvalue weighted by molar-refractivity contribution is 6.30. The van der Waals surface area contributed by atoms with Crippen LogP contribution in [0.25, 0.3) is 17.1 Å². The average Bonchev–Trinajstić information content (AvgIpc) is 3.41. The van der Waals surface area contributed by atoms with Gasteiger partial charge in [-0.3, -0.25) is 4.79 Å². The quantitative estimate of drug-likeness (QED) is 0.742. The molecule has 3 heterocycles. The number of halogens is 1. The summed E-state index contributed by atoms with van der Waals surface area (Å²) in [4.78, 5) is 12.5. The highest BCUT2D eigenvalue weighted by Gasteiger charge is 2.20. The zero-order valence-corrected chi connectivity index (χ0v) is 14.8. The molecule has 1 aromatic carbocycles. The topological polar surface area (TPSA) is 69.3 Å². The van der Waals surface area contributed by atoms with Crippen LogP contribution in [-0.4, -0.2) is 34.9 Å². The van der Waals surface area contributed by atoms with Crippen LogP contribution in [-0.2, 0) is 4.74 Å². The Bertz CT molecular complexity index is 881. The second-order valence-electron chi connectivity index (χ2n) is 6.13. The van der Waals surface area contributed by atoms with Crippen LogP contribution in [0.4, 0.5) is 0 Å². The van der Waals surface area contributed by atoms with Gasteiger partial charge in [-0.25, -0.2) is 4.68 Å². The van der Waals surface area contributed by atoms with Crippen LogP contribution >= 0.6 is 11.6 Å². The number of aromatic nitrogens is 2. The van der Waals surface area contributed by atoms with E-state index in [-0.39, 0.29) is 12.0 Å². The Hall–Kier alpha value is -2.57. The Morgan fingerprint density at radius 3 is 2.85 bits per heavy atom. The van der Waals surface area contributed by atoms with Gasteiger partial charge in [-0.1, -0.05) is 11.6 Å². The van der Waals surface area contributed by atoms with Gasteiger partial charge in [0.25, 0.3) is 5.91 Å². The first-order valence-corrected chi connectivity index (χ1v) is 8.88. The molecule has 26 heavy (non-hydrogen) atoms. The van der Waals surface area contributed by atoms with Crippen molar-refractivity contribution in [2.45, 2.75) is 18.9 Å². The van der Waals surface area contributed by atoms with E-state index < -0.39 is 0 Å². The Morgan fingerprint density at radius 2 is 2.15 bits per heavy atom. The second kappa shape index (κ2) is 7.35. The third-order valence-electron chi connectivity index (χ3n) is 4.30. The minimum atomic E-state index is -0.235. The van der Waals surface area contributed by atoms with Gasteiger partial charge in [-0.15, -0.1) is 0 Å². The molecule has 134 valence electrons. The summed E-state index contributed by atoms with van der Waals surface area (Å²) < 4.78 is 12.7. The van der Waals surface area contributed by atoms with Crippen molar-refractivity contribution in [3.05, 3.63) is 59.4 Å². The molecule has 1 fully saturated rings. The summed E-state index contributed by atoms with van der Waals surface area (Å²) in [5.41, 5.74) is 1.81. The van der Waals surface area contributed by atoms with Gasteiger partial charge < -0.3 is 14.5 Å². The number of furan rings is 1. The van der Waals surface area contributed by atoms with Gasteiger partial charge in [0.15, 0.2) is 11.5 Å². The van der Waals surface area contributed by atoms with Crippen molar-refractivity contribution in [3.63, 3.8) is 0 Å². The van der Waals surface area contributed by atoms with Crippen molar-refractivity contribution in [1.29, 1.82) is 0 Å². The van der Waals surface area contributed by atoms with Gasteiger partial charge in [0.05, 0.1) is 18.1 Å². The summed E-state index contributed by atoms with van der Waals surface area (Å²) >= 11 is 5.97. The highest BCUT2D eigenvalue weighted by Crippen LogP contribution is 2.25. The van der Waals surface area contributed by atoms with Crippen molar-refractivity contribution in [3.8, 4) is 17.1 Å². The molecule has 1 aliphatic rings. The molecule has 0 unspecified atom stereocenters. The van der Waals surface area contributed by atoms with Gasteiger partial charge in [0, 0.05) is 24.2 Å². The van der Waals surface area contributed by atoms with E-state index in [1.807, 2.05) is 18.2 Å². The van der Waals surface area contributed by atoms with Gasteiger partial charge in [0.1, 0.15) is 5.69 Å². The first kappa shape index (κ1) is 16.9. The molecule has 4 rings (SSSR count). The molecule has 3 aromatic rings. The lowest BCUT2D eigenvalue weighted by Crippen LogP contribution is -2.32. The Balaban J connectivity index is 1.62. The first-order chi connectivity index (χ1) is 12.7. The van der Waals surface area contributed by atoms with Crippen molar-refractivity contribution in [2.24, 2.45) is 0 Å². The number of carbonyl (C=O) groups excluding carboxylic acids is 1. The smallest absolute Gasteiger partial charge is 0.271 e. The number of rotatable bonds is 5. The lowest BCUT2D eigenvalue weighted by molar-refractivity contribution is 0.0853. The number of amides is 1. The van der Waals surface area contributed by atoms with Crippen LogP contribution in [0.15, 0.2) is 53.1 Å². The fourth-order valence-corrected chi connectivity index (χ4v) is 3.10. The molecular formula is C19H18ClN3O3. The molecule has 1 saturated heterocycles. The summed E-state index contributed by atoms with van der Waals surface area (Å²) in [5.74, 6) is 0.395. The number of carbonyl (C=O) groups is 1. The molecule has 0 bridgehead atoms. The second-order valence-corrected chi connectivity index (χ2v) is 6.56. The van der Waals surface area contributed by atoms with Crippen LogP contribution in [0.1, 0.15) is 23.3 Å². The van der Waals surface area contributed by atoms with Gasteiger partial charge >= 0.3 is 0 Å². The fraction of sp³-hybridized carbons (Fsp3) is 0.263. The Kier molecular flexibility index (Phi) is 4.77. The summed E-state index contributed by atoms with van der Waals surface area (Å²) in [6, 6.07) is 12.6. The maximum Gasteiger partial charge on any atom is 0.271 e. The maximum atomic E-state index is 12.5. The predicted molar refractivity (Wildman–Crippen MR) is 97.6 cm³/mol. The molecule has 0 saturated carbocycles. The molecule has 6 nitrogen and oxygen atoms in total. The van der Waals surface area contributed by atoms with E-state index >= 15 is 0 Å². The van der Waals surface area contributed by atoms with Crippen LogP contribution in [0.3, 0.4) is 0 Å². The van der Waals surface area contributed by atoms with E-state index in [2.05, 4.69) is 10.4 Å². The first-order valence-electron chi connectivity index (χ1n) is 8.50. The molecule has 7 heteroatoms. The summed E-state index contributed by atoms with van der Waals surface area (Å²) in [7, 11) is 0. The van der Waals surface area contributed by atoms with E-state index in [0.717, 1.165) is 25.1 Å². The number of nitrogens with one attached hydrogen (secondary N) is 1. The number of nitrogens with zero attached hydrogens (tertiary/aromatic N) is 2. The maximum absolute atomic E-state index is 12.5. The van der Waals surface area contributed by atoms with Crippen LogP contribution < -0.4 is 5.32 Å². The standard InChI is InChI=1S/C19H18ClN3O3/c20-13-5-7-14(8-6-13)23-17(18-4-2-10-26-18)11-16(22-23)19(24)21-12-15-3-1-9-25-15/h2,4-8,10-11,15H,1,3,9,12H2,(H,21,24)/t15-/m0/s1. The third-order valence-corrected chi connectivity index (χ3v) is 4.55. The number of hydrogen-bond acceptors (Lipinski definition) is 4. The zero-order valence-electron chi connectivity index (χ0n) is 14.0. The predicted octanol–water partition coefficient (Wildman–Crippen LogP) is 3.69. The lowest BCUT2D eigenvalue weighted by atomic mass is 10.2. The van der Waals surface area contributed by atoms with Crippen LogP contribution in [0.5, 0.6) is 0 Å². The normalized spacial score (nSPS) is 16.7. The van der Waals surface area contributed by atoms with Crippen LogP contribution in [0.2, 0.25) is 5.02 Å². The Labute approximate surface area is 155 Å². The highest BCUT2D eigenvalue weighted by atomic mass is 35.5. The molecule has 1 aliphatic heterocycles. The van der Waals surface area contributed by atoms with E-state index in [4.69, 9.17) is 20.8 Å². The Morgan fingerprint density at radius 1 is 1.31 bits per heavy atom. The molecule has 0 radical (unpaired) electrons. The van der Waals surface area contributed by atoms with Gasteiger partial charge in [0.2, 0.25) is 0 Å². The summed E-state index contributed by atoms with van der Waals surface area (Å²) in [6.45, 7) is 1.25. The van der Waals surface area contributed by atoms with Crippen molar-refractivity contribution < 1.29 is 13.9 Å². The average molecular weight is 372 g/mol. The molecule has 1 atom stereocenters. The summed E-state index contributed by atoms with van der Waals surface area (Å²) in [6.07, 6.45) is 3.68. The minimum Gasteiger partial charge on any atom is -0.463 e. The largest absolute Gasteiger partial charge is 0.463 e. The van der Waals surface area contributed by atoms with E-state index in [1.165, 1.54) is 0 Å². The van der Waals surface area contributed by atoms with Gasteiger partial charge in [-0.05, 0) is 49.2 Å².